The molecule has 0 aliphatic rings. The lowest BCUT2D eigenvalue weighted by Crippen LogP contribution is -2.25. The predicted octanol–water partition coefficient (Wildman–Crippen LogP) is 10.2. The third kappa shape index (κ3) is 11.3. The van der Waals surface area contributed by atoms with E-state index in [0.29, 0.717) is 23.0 Å². The number of benzene rings is 8. The van der Waals surface area contributed by atoms with E-state index in [1.165, 1.54) is 0 Å². The van der Waals surface area contributed by atoms with Gasteiger partial charge in [0.2, 0.25) is 0 Å². The zero-order valence-electron chi connectivity index (χ0n) is 37.9. The molecule has 0 saturated heterocycles. The molecule has 11 nitrogen and oxygen atoms in total. The molecular formula is C57H52O11. The van der Waals surface area contributed by atoms with Crippen molar-refractivity contribution in [2.75, 3.05) is 39.6 Å². The first-order valence-electron chi connectivity index (χ1n) is 22.2. The SMILES string of the molecule is C=C(C)C(=O)OCC(O)COc1ccc2cccc(-c3cccc4ccc(OCC(O)COc5ccc6cccc(-c7cccc8ccc(OCC(O)COC(=O)C(=C)C)cc78)c6c5)cc34)c2c1. The van der Waals surface area contributed by atoms with Crippen LogP contribution in [0.25, 0.3) is 65.3 Å². The summed E-state index contributed by atoms with van der Waals surface area (Å²) < 4.78 is 34.3. The maximum atomic E-state index is 11.7. The van der Waals surface area contributed by atoms with Gasteiger partial charge in [0.25, 0.3) is 0 Å². The maximum Gasteiger partial charge on any atom is 0.333 e. The Bertz CT molecular complexity index is 2950. The van der Waals surface area contributed by atoms with E-state index in [2.05, 4.69) is 37.4 Å². The smallest absolute Gasteiger partial charge is 0.333 e. The number of ether oxygens (including phenoxy) is 6. The summed E-state index contributed by atoms with van der Waals surface area (Å²) in [5, 5.41) is 39.7. The van der Waals surface area contributed by atoms with Crippen LogP contribution in [-0.2, 0) is 19.1 Å². The van der Waals surface area contributed by atoms with E-state index >= 15 is 0 Å². The van der Waals surface area contributed by atoms with Gasteiger partial charge in [0.15, 0.2) is 0 Å². The molecule has 68 heavy (non-hydrogen) atoms. The van der Waals surface area contributed by atoms with Gasteiger partial charge in [-0.25, -0.2) is 9.59 Å². The Kier molecular flexibility index (Phi) is 14.7. The monoisotopic (exact) mass is 912 g/mol. The molecule has 0 aliphatic heterocycles. The molecule has 0 radical (unpaired) electrons. The summed E-state index contributed by atoms with van der Waals surface area (Å²) in [6.45, 7) is 9.67. The summed E-state index contributed by atoms with van der Waals surface area (Å²) in [6.07, 6.45) is -2.96. The van der Waals surface area contributed by atoms with Crippen molar-refractivity contribution in [1.29, 1.82) is 0 Å². The van der Waals surface area contributed by atoms with Crippen LogP contribution in [0.2, 0.25) is 0 Å². The predicted molar refractivity (Wildman–Crippen MR) is 265 cm³/mol. The molecule has 8 rings (SSSR count). The fraction of sp³-hybridized carbons (Fsp3) is 0.193. The number of carbonyl (C=O) groups is 2. The van der Waals surface area contributed by atoms with Gasteiger partial charge in [0.05, 0.1) is 0 Å². The summed E-state index contributed by atoms with van der Waals surface area (Å²) in [6, 6.07) is 47.6. The normalized spacial score (nSPS) is 12.6. The quantitative estimate of drug-likeness (QED) is 0.0495. The first-order chi connectivity index (χ1) is 32.9. The molecular weight excluding hydrogens is 861 g/mol. The zero-order chi connectivity index (χ0) is 47.7. The van der Waals surface area contributed by atoms with Gasteiger partial charge in [0.1, 0.15) is 81.0 Å². The Morgan fingerprint density at radius 3 is 0.897 bits per heavy atom. The molecule has 0 spiro atoms. The van der Waals surface area contributed by atoms with Crippen LogP contribution in [0.1, 0.15) is 13.8 Å². The van der Waals surface area contributed by atoms with Crippen LogP contribution in [-0.4, -0.2) is 85.2 Å². The van der Waals surface area contributed by atoms with Crippen molar-refractivity contribution < 1.29 is 53.3 Å². The molecule has 0 aromatic heterocycles. The molecule has 0 bridgehead atoms. The second kappa shape index (κ2) is 21.3. The largest absolute Gasteiger partial charge is 0.491 e. The third-order valence-electron chi connectivity index (χ3n) is 11.3. The van der Waals surface area contributed by atoms with Gasteiger partial charge in [-0.2, -0.15) is 0 Å². The van der Waals surface area contributed by atoms with Gasteiger partial charge in [-0.1, -0.05) is 110 Å². The molecule has 0 aliphatic carbocycles. The van der Waals surface area contributed by atoms with Crippen molar-refractivity contribution in [1.82, 2.24) is 0 Å². The van der Waals surface area contributed by atoms with Gasteiger partial charge >= 0.3 is 11.9 Å². The van der Waals surface area contributed by atoms with Gasteiger partial charge in [-0.3, -0.25) is 0 Å². The molecule has 11 heteroatoms. The Morgan fingerprint density at radius 2 is 0.647 bits per heavy atom. The van der Waals surface area contributed by atoms with Crippen LogP contribution in [0.3, 0.4) is 0 Å². The van der Waals surface area contributed by atoms with E-state index in [9.17, 15) is 24.9 Å². The van der Waals surface area contributed by atoms with E-state index < -0.39 is 30.3 Å². The summed E-state index contributed by atoms with van der Waals surface area (Å²) in [4.78, 5) is 23.5. The highest BCUT2D eigenvalue weighted by Crippen LogP contribution is 2.39. The molecule has 8 aromatic carbocycles. The van der Waals surface area contributed by atoms with Crippen LogP contribution in [0, 0.1) is 0 Å². The van der Waals surface area contributed by atoms with E-state index in [4.69, 9.17) is 28.4 Å². The van der Waals surface area contributed by atoms with Crippen LogP contribution < -0.4 is 18.9 Å². The van der Waals surface area contributed by atoms with Gasteiger partial charge < -0.3 is 43.7 Å². The molecule has 8 aromatic rings. The summed E-state index contributed by atoms with van der Waals surface area (Å²) >= 11 is 0. The van der Waals surface area contributed by atoms with Crippen LogP contribution in [0.15, 0.2) is 170 Å². The van der Waals surface area contributed by atoms with Crippen molar-refractivity contribution in [3.63, 3.8) is 0 Å². The minimum atomic E-state index is -1.01. The van der Waals surface area contributed by atoms with E-state index in [-0.39, 0.29) is 50.8 Å². The second-order valence-electron chi connectivity index (χ2n) is 16.7. The highest BCUT2D eigenvalue weighted by molar-refractivity contribution is 6.07. The van der Waals surface area contributed by atoms with Crippen molar-refractivity contribution in [3.8, 4) is 45.3 Å². The van der Waals surface area contributed by atoms with Crippen LogP contribution in [0.5, 0.6) is 23.0 Å². The van der Waals surface area contributed by atoms with Gasteiger partial charge in [0, 0.05) is 11.1 Å². The summed E-state index contributed by atoms with van der Waals surface area (Å²) in [7, 11) is 0. The molecule has 0 fully saturated rings. The summed E-state index contributed by atoms with van der Waals surface area (Å²) in [5.74, 6) is 1.17. The minimum Gasteiger partial charge on any atom is -0.491 e. The average molecular weight is 913 g/mol. The lowest BCUT2D eigenvalue weighted by atomic mass is 9.94. The number of aliphatic hydroxyl groups excluding tert-OH is 3. The van der Waals surface area contributed by atoms with Crippen molar-refractivity contribution in [2.24, 2.45) is 0 Å². The number of carbonyl (C=O) groups excluding carboxylic acids is 2. The molecule has 346 valence electrons. The Hall–Kier alpha value is -7.70. The first-order valence-corrected chi connectivity index (χ1v) is 22.2. The fourth-order valence-electron chi connectivity index (χ4n) is 7.81. The lowest BCUT2D eigenvalue weighted by molar-refractivity contribution is -0.143. The van der Waals surface area contributed by atoms with Gasteiger partial charge in [-0.15, -0.1) is 0 Å². The molecule has 0 saturated carbocycles. The van der Waals surface area contributed by atoms with E-state index in [1.54, 1.807) is 13.8 Å². The maximum absolute atomic E-state index is 11.7. The highest BCUT2D eigenvalue weighted by atomic mass is 16.6. The van der Waals surface area contributed by atoms with E-state index in [0.717, 1.165) is 65.3 Å². The molecule has 2 unspecified atom stereocenters. The Labute approximate surface area is 394 Å². The topological polar surface area (TPSA) is 150 Å². The molecule has 0 amide bonds. The lowest BCUT2D eigenvalue weighted by Gasteiger charge is -2.16. The second-order valence-corrected chi connectivity index (χ2v) is 16.7. The number of fused-ring (bicyclic) bond motifs is 4. The average Bonchev–Trinajstić information content (AvgIpc) is 3.35. The number of hydrogen-bond donors (Lipinski definition) is 3. The standard InChI is InChI=1S/C57H52O11/c1-35(2)56(61)67-33-42(59)31-65-46-23-19-39-11-7-15-50(54(39)27-46)48-13-5-9-37-17-21-44(25-52(37)48)63-29-41(58)30-64-45-22-18-38-10-6-14-49(53(38)26-45)51-16-8-12-40-20-24-47(28-55(40)51)66-32-43(60)34-68-57(62)36(3)4/h5-28,41-43,58-60H,1,3,29-34H2,2,4H3. The third-order valence-corrected chi connectivity index (χ3v) is 11.3. The van der Waals surface area contributed by atoms with Crippen LogP contribution >= 0.6 is 0 Å². The number of rotatable bonds is 20. The Morgan fingerprint density at radius 1 is 0.397 bits per heavy atom. The van der Waals surface area contributed by atoms with Crippen LogP contribution in [0.4, 0.5) is 0 Å². The van der Waals surface area contributed by atoms with E-state index in [1.807, 2.05) is 121 Å². The molecule has 2 atom stereocenters. The highest BCUT2D eigenvalue weighted by Gasteiger charge is 2.16. The summed E-state index contributed by atoms with van der Waals surface area (Å²) in [5.41, 5.74) is 4.43. The van der Waals surface area contributed by atoms with Crippen molar-refractivity contribution >= 4 is 55.0 Å². The van der Waals surface area contributed by atoms with Crippen molar-refractivity contribution in [2.45, 2.75) is 32.2 Å². The molecule has 3 N–H and O–H groups in total. The fourth-order valence-corrected chi connectivity index (χ4v) is 7.81. The number of aliphatic hydroxyl groups is 3. The number of hydrogen-bond acceptors (Lipinski definition) is 11. The van der Waals surface area contributed by atoms with Gasteiger partial charge in [-0.05, 0) is 128 Å². The molecule has 0 heterocycles. The zero-order valence-corrected chi connectivity index (χ0v) is 37.9. The first kappa shape index (κ1) is 46.8. The minimum absolute atomic E-state index is 0.00318. The van der Waals surface area contributed by atoms with Crippen molar-refractivity contribution in [3.05, 3.63) is 170 Å². The number of esters is 2. The Balaban J connectivity index is 0.933.